The molecule has 0 aliphatic carbocycles. The second-order valence-corrected chi connectivity index (χ2v) is 6.38. The van der Waals surface area contributed by atoms with Crippen LogP contribution in [0, 0.1) is 0 Å². The van der Waals surface area contributed by atoms with Crippen LogP contribution in [0.25, 0.3) is 0 Å². The molecule has 0 radical (unpaired) electrons. The number of ketones is 1. The van der Waals surface area contributed by atoms with Gasteiger partial charge in [-0.3, -0.25) is 4.79 Å². The molecule has 3 rings (SSSR count). The maximum absolute atomic E-state index is 12.6. The van der Waals surface area contributed by atoms with Crippen molar-refractivity contribution in [1.82, 2.24) is 0 Å². The molecule has 2 heterocycles. The summed E-state index contributed by atoms with van der Waals surface area (Å²) in [6.45, 7) is 5.81. The Kier molecular flexibility index (Phi) is 4.29. The number of carbonyl (C=O) groups excluding carboxylic acids is 1. The maximum Gasteiger partial charge on any atom is 0.191 e. The number of aryl methyl sites for hydroxylation is 1. The van der Waals surface area contributed by atoms with Crippen molar-refractivity contribution < 1.29 is 14.3 Å². The largest absolute Gasteiger partial charge is 0.493 e. The van der Waals surface area contributed by atoms with Crippen LogP contribution in [0.5, 0.6) is 5.75 Å². The summed E-state index contributed by atoms with van der Waals surface area (Å²) in [5.74, 6) is 1.52. The van der Waals surface area contributed by atoms with Gasteiger partial charge >= 0.3 is 0 Å². The first kappa shape index (κ1) is 14.6. The van der Waals surface area contributed by atoms with Gasteiger partial charge in [-0.15, -0.1) is 0 Å². The van der Waals surface area contributed by atoms with Crippen LogP contribution < -0.4 is 4.74 Å². The number of ether oxygens (including phenoxy) is 2. The minimum absolute atomic E-state index is 0.140. The monoisotopic (exact) mass is 288 g/mol. The molecule has 1 aromatic carbocycles. The SMILES string of the molecule is CC(C)c1cc(C(=O)C2CCCO2)cc2c1OCCCC2. The molecule has 1 unspecified atom stereocenters. The van der Waals surface area contributed by atoms with Gasteiger partial charge in [-0.2, -0.15) is 0 Å². The number of hydrogen-bond donors (Lipinski definition) is 0. The Morgan fingerprint density at radius 1 is 1.19 bits per heavy atom. The summed E-state index contributed by atoms with van der Waals surface area (Å²) in [5.41, 5.74) is 3.16. The molecule has 1 saturated heterocycles. The molecule has 3 heteroatoms. The highest BCUT2D eigenvalue weighted by molar-refractivity contribution is 6.00. The van der Waals surface area contributed by atoms with E-state index in [9.17, 15) is 4.79 Å². The first-order valence-electron chi connectivity index (χ1n) is 8.12. The van der Waals surface area contributed by atoms with E-state index in [1.807, 2.05) is 12.1 Å². The highest BCUT2D eigenvalue weighted by Gasteiger charge is 2.27. The Hall–Kier alpha value is -1.35. The van der Waals surface area contributed by atoms with E-state index in [0.717, 1.165) is 55.6 Å². The fourth-order valence-electron chi connectivity index (χ4n) is 3.21. The van der Waals surface area contributed by atoms with Crippen LogP contribution in [-0.2, 0) is 11.2 Å². The Balaban J connectivity index is 1.99. The molecule has 114 valence electrons. The predicted molar refractivity (Wildman–Crippen MR) is 82.3 cm³/mol. The molecule has 0 aromatic heterocycles. The zero-order chi connectivity index (χ0) is 14.8. The quantitative estimate of drug-likeness (QED) is 0.792. The lowest BCUT2D eigenvalue weighted by Gasteiger charge is -2.18. The summed E-state index contributed by atoms with van der Waals surface area (Å²) < 4.78 is 11.5. The van der Waals surface area contributed by atoms with E-state index in [2.05, 4.69) is 13.8 Å². The third-order valence-corrected chi connectivity index (χ3v) is 4.41. The van der Waals surface area contributed by atoms with Gasteiger partial charge in [0, 0.05) is 12.2 Å². The molecular formula is C18H24O3. The van der Waals surface area contributed by atoms with Crippen LogP contribution in [0.3, 0.4) is 0 Å². The van der Waals surface area contributed by atoms with Gasteiger partial charge in [-0.05, 0) is 61.3 Å². The Bertz CT molecular complexity index is 528. The smallest absolute Gasteiger partial charge is 0.191 e. The number of Topliss-reactive ketones (excluding diaryl/α,β-unsaturated/α-hetero) is 1. The van der Waals surface area contributed by atoms with E-state index in [1.54, 1.807) is 0 Å². The van der Waals surface area contributed by atoms with Crippen LogP contribution >= 0.6 is 0 Å². The molecule has 1 fully saturated rings. The van der Waals surface area contributed by atoms with Crippen molar-refractivity contribution in [2.45, 2.75) is 58.0 Å². The van der Waals surface area contributed by atoms with Crippen LogP contribution in [-0.4, -0.2) is 25.1 Å². The highest BCUT2D eigenvalue weighted by atomic mass is 16.5. The molecule has 2 aliphatic rings. The van der Waals surface area contributed by atoms with Gasteiger partial charge in [0.15, 0.2) is 5.78 Å². The molecule has 2 aliphatic heterocycles. The molecular weight excluding hydrogens is 264 g/mol. The van der Waals surface area contributed by atoms with Crippen molar-refractivity contribution in [3.8, 4) is 5.75 Å². The number of hydrogen-bond acceptors (Lipinski definition) is 3. The Morgan fingerprint density at radius 3 is 2.76 bits per heavy atom. The average Bonchev–Trinajstić information content (AvgIpc) is 2.90. The molecule has 1 aromatic rings. The van der Waals surface area contributed by atoms with Gasteiger partial charge in [0.2, 0.25) is 0 Å². The second-order valence-electron chi connectivity index (χ2n) is 6.38. The van der Waals surface area contributed by atoms with Gasteiger partial charge in [0.1, 0.15) is 11.9 Å². The van der Waals surface area contributed by atoms with E-state index >= 15 is 0 Å². The Morgan fingerprint density at radius 2 is 2.05 bits per heavy atom. The van der Waals surface area contributed by atoms with Crippen molar-refractivity contribution in [1.29, 1.82) is 0 Å². The zero-order valence-corrected chi connectivity index (χ0v) is 13.0. The van der Waals surface area contributed by atoms with E-state index in [0.29, 0.717) is 12.5 Å². The maximum atomic E-state index is 12.6. The van der Waals surface area contributed by atoms with Crippen LogP contribution in [0.4, 0.5) is 0 Å². The lowest BCUT2D eigenvalue weighted by Crippen LogP contribution is -2.20. The Labute approximate surface area is 126 Å². The van der Waals surface area contributed by atoms with E-state index in [4.69, 9.17) is 9.47 Å². The first-order valence-corrected chi connectivity index (χ1v) is 8.12. The summed E-state index contributed by atoms with van der Waals surface area (Å²) in [6, 6.07) is 4.06. The van der Waals surface area contributed by atoms with Gasteiger partial charge in [0.05, 0.1) is 6.61 Å². The van der Waals surface area contributed by atoms with E-state index < -0.39 is 0 Å². The summed E-state index contributed by atoms with van der Waals surface area (Å²) in [5, 5.41) is 0. The fourth-order valence-corrected chi connectivity index (χ4v) is 3.21. The summed E-state index contributed by atoms with van der Waals surface area (Å²) in [6.07, 6.45) is 4.81. The van der Waals surface area contributed by atoms with Gasteiger partial charge in [0.25, 0.3) is 0 Å². The number of carbonyl (C=O) groups is 1. The van der Waals surface area contributed by atoms with Crippen LogP contribution in [0.15, 0.2) is 12.1 Å². The standard InChI is InChI=1S/C18H24O3/c1-12(2)15-11-14(17(19)16-7-5-9-20-16)10-13-6-3-4-8-21-18(13)15/h10-12,16H,3-9H2,1-2H3. The topological polar surface area (TPSA) is 35.5 Å². The van der Waals surface area contributed by atoms with Crippen LogP contribution in [0.2, 0.25) is 0 Å². The highest BCUT2D eigenvalue weighted by Crippen LogP contribution is 2.35. The van der Waals surface area contributed by atoms with Crippen molar-refractivity contribution in [3.05, 3.63) is 28.8 Å². The minimum Gasteiger partial charge on any atom is -0.493 e. The lowest BCUT2D eigenvalue weighted by molar-refractivity contribution is 0.0642. The first-order chi connectivity index (χ1) is 10.2. The molecule has 0 saturated carbocycles. The fraction of sp³-hybridized carbons (Fsp3) is 0.611. The van der Waals surface area contributed by atoms with Crippen molar-refractivity contribution in [2.75, 3.05) is 13.2 Å². The van der Waals surface area contributed by atoms with Crippen molar-refractivity contribution in [2.24, 2.45) is 0 Å². The molecule has 21 heavy (non-hydrogen) atoms. The van der Waals surface area contributed by atoms with Crippen molar-refractivity contribution >= 4 is 5.78 Å². The lowest BCUT2D eigenvalue weighted by atomic mass is 9.91. The van der Waals surface area contributed by atoms with E-state index in [1.165, 1.54) is 5.56 Å². The minimum atomic E-state index is -0.241. The molecule has 0 spiro atoms. The number of benzene rings is 1. The average molecular weight is 288 g/mol. The molecule has 1 atom stereocenters. The van der Waals surface area contributed by atoms with Crippen molar-refractivity contribution in [3.63, 3.8) is 0 Å². The van der Waals surface area contributed by atoms with Crippen LogP contribution in [0.1, 0.15) is 66.9 Å². The van der Waals surface area contributed by atoms with Gasteiger partial charge < -0.3 is 9.47 Å². The predicted octanol–water partition coefficient (Wildman–Crippen LogP) is 3.89. The molecule has 0 bridgehead atoms. The van der Waals surface area contributed by atoms with E-state index in [-0.39, 0.29) is 11.9 Å². The summed E-state index contributed by atoms with van der Waals surface area (Å²) in [7, 11) is 0. The normalized spacial score (nSPS) is 21.8. The third-order valence-electron chi connectivity index (χ3n) is 4.41. The third kappa shape index (κ3) is 2.98. The molecule has 3 nitrogen and oxygen atoms in total. The molecule has 0 amide bonds. The van der Waals surface area contributed by atoms with Gasteiger partial charge in [-0.25, -0.2) is 0 Å². The summed E-state index contributed by atoms with van der Waals surface area (Å²) in [4.78, 5) is 12.6. The molecule has 0 N–H and O–H groups in total. The second kappa shape index (κ2) is 6.18. The summed E-state index contributed by atoms with van der Waals surface area (Å²) >= 11 is 0. The number of fused-ring (bicyclic) bond motifs is 1. The zero-order valence-electron chi connectivity index (χ0n) is 13.0. The number of rotatable bonds is 3. The van der Waals surface area contributed by atoms with Gasteiger partial charge in [-0.1, -0.05) is 13.8 Å².